The minimum atomic E-state index is -0.811. The number of nitrogens with zero attached hydrogens (tertiary/aromatic N) is 1. The molecule has 4 nitrogen and oxygen atoms in total. The molecule has 1 unspecified atom stereocenters. The number of nitrogens with two attached hydrogens (primary N) is 1. The number of allylic oxidation sites excluding steroid dienone is 3. The standard InChI is InChI=1S/C13H22N2O2S/c1-6-7-8(2)15(11(5)14)10(4)9(3)12(18)13(16)17/h6,11,16-18H,1-2,7,14H2,3-5H3/b10-9+. The predicted molar refractivity (Wildman–Crippen MR) is 79.1 cm³/mol. The summed E-state index contributed by atoms with van der Waals surface area (Å²) in [6.45, 7) is 13.0. The Morgan fingerprint density at radius 1 is 1.44 bits per heavy atom. The van der Waals surface area contributed by atoms with Gasteiger partial charge in [0, 0.05) is 17.8 Å². The molecule has 0 fully saturated rings. The van der Waals surface area contributed by atoms with Crippen LogP contribution in [0.1, 0.15) is 27.2 Å². The van der Waals surface area contributed by atoms with Crippen molar-refractivity contribution in [3.63, 3.8) is 0 Å². The summed E-state index contributed by atoms with van der Waals surface area (Å²) in [6.07, 6.45) is 2.05. The summed E-state index contributed by atoms with van der Waals surface area (Å²) in [5.74, 6) is -0.811. The van der Waals surface area contributed by atoms with Crippen LogP contribution < -0.4 is 5.73 Å². The molecule has 0 aromatic rings. The Morgan fingerprint density at radius 2 is 1.94 bits per heavy atom. The molecule has 1 atom stereocenters. The topological polar surface area (TPSA) is 69.7 Å². The van der Waals surface area contributed by atoms with Crippen LogP contribution in [0.4, 0.5) is 0 Å². The van der Waals surface area contributed by atoms with Gasteiger partial charge in [0.05, 0.1) is 11.1 Å². The summed E-state index contributed by atoms with van der Waals surface area (Å²) in [7, 11) is 0. The zero-order valence-corrected chi connectivity index (χ0v) is 12.0. The van der Waals surface area contributed by atoms with E-state index in [1.807, 2.05) is 18.7 Å². The first kappa shape index (κ1) is 16.7. The van der Waals surface area contributed by atoms with Crippen molar-refractivity contribution in [1.82, 2.24) is 4.90 Å². The van der Waals surface area contributed by atoms with Crippen molar-refractivity contribution >= 4 is 12.6 Å². The minimum Gasteiger partial charge on any atom is -0.480 e. The van der Waals surface area contributed by atoms with Gasteiger partial charge in [-0.3, -0.25) is 0 Å². The van der Waals surface area contributed by atoms with E-state index in [1.54, 1.807) is 13.0 Å². The van der Waals surface area contributed by atoms with Crippen LogP contribution in [-0.4, -0.2) is 21.3 Å². The molecule has 0 rings (SSSR count). The molecule has 4 N–H and O–H groups in total. The zero-order valence-electron chi connectivity index (χ0n) is 11.1. The van der Waals surface area contributed by atoms with Crippen molar-refractivity contribution < 1.29 is 10.2 Å². The first-order valence-corrected chi connectivity index (χ1v) is 6.01. The molecule has 0 aliphatic carbocycles. The summed E-state index contributed by atoms with van der Waals surface area (Å²) in [6, 6.07) is 0. The Balaban J connectivity index is 5.52. The second kappa shape index (κ2) is 7.18. The van der Waals surface area contributed by atoms with Gasteiger partial charge in [0.15, 0.2) is 0 Å². The lowest BCUT2D eigenvalue weighted by atomic mass is 10.1. The van der Waals surface area contributed by atoms with Crippen LogP contribution in [0.2, 0.25) is 0 Å². The first-order chi connectivity index (χ1) is 8.23. The normalized spacial score (nSPS) is 13.4. The molecule has 0 amide bonds. The van der Waals surface area contributed by atoms with E-state index < -0.39 is 5.95 Å². The first-order valence-electron chi connectivity index (χ1n) is 5.56. The number of aliphatic hydroxyl groups is 2. The Bertz CT molecular complexity index is 394. The second-order valence-corrected chi connectivity index (χ2v) is 4.50. The molecule has 0 aromatic carbocycles. The molecule has 0 aliphatic rings. The summed E-state index contributed by atoms with van der Waals surface area (Å²) in [5, 5.41) is 18.1. The molecule has 0 spiro atoms. The molecule has 0 aliphatic heterocycles. The van der Waals surface area contributed by atoms with Gasteiger partial charge < -0.3 is 20.8 Å². The van der Waals surface area contributed by atoms with Crippen molar-refractivity contribution in [3.05, 3.63) is 47.1 Å². The maximum absolute atomic E-state index is 9.04. The zero-order chi connectivity index (χ0) is 14.5. The van der Waals surface area contributed by atoms with Crippen molar-refractivity contribution in [1.29, 1.82) is 0 Å². The van der Waals surface area contributed by atoms with Crippen molar-refractivity contribution in [2.75, 3.05) is 0 Å². The molecule has 0 aromatic heterocycles. The van der Waals surface area contributed by atoms with Crippen LogP contribution in [0.25, 0.3) is 0 Å². The fourth-order valence-corrected chi connectivity index (χ4v) is 1.78. The number of hydrogen-bond acceptors (Lipinski definition) is 5. The van der Waals surface area contributed by atoms with Crippen LogP contribution in [-0.2, 0) is 0 Å². The quantitative estimate of drug-likeness (QED) is 0.197. The lowest BCUT2D eigenvalue weighted by Crippen LogP contribution is -2.37. The lowest BCUT2D eigenvalue weighted by molar-refractivity contribution is 0.189. The maximum Gasteiger partial charge on any atom is 0.288 e. The highest BCUT2D eigenvalue weighted by atomic mass is 32.1. The SMILES string of the molecule is C=CCC(=C)N(/C(C)=C(\C)C(S)=C(O)O)C(C)N. The summed E-state index contributed by atoms with van der Waals surface area (Å²) < 4.78 is 0. The second-order valence-electron chi connectivity index (χ2n) is 4.05. The van der Waals surface area contributed by atoms with E-state index in [0.717, 1.165) is 11.4 Å². The van der Waals surface area contributed by atoms with E-state index in [1.165, 1.54) is 0 Å². The largest absolute Gasteiger partial charge is 0.480 e. The number of rotatable bonds is 6. The highest BCUT2D eigenvalue weighted by molar-refractivity contribution is 7.84. The van der Waals surface area contributed by atoms with Crippen LogP contribution in [0.15, 0.2) is 47.1 Å². The van der Waals surface area contributed by atoms with Gasteiger partial charge in [-0.1, -0.05) is 12.7 Å². The fraction of sp³-hybridized carbons (Fsp3) is 0.385. The van der Waals surface area contributed by atoms with Gasteiger partial charge >= 0.3 is 0 Å². The predicted octanol–water partition coefficient (Wildman–Crippen LogP) is 3.19. The molecule has 0 saturated carbocycles. The van der Waals surface area contributed by atoms with Crippen molar-refractivity contribution in [2.24, 2.45) is 5.73 Å². The highest BCUT2D eigenvalue weighted by Crippen LogP contribution is 2.25. The average molecular weight is 270 g/mol. The Morgan fingerprint density at radius 3 is 2.28 bits per heavy atom. The fourth-order valence-electron chi connectivity index (χ4n) is 1.62. The minimum absolute atomic E-state index is 0.115. The summed E-state index contributed by atoms with van der Waals surface area (Å²) >= 11 is 4.05. The Labute approximate surface area is 114 Å². The maximum atomic E-state index is 9.04. The molecule has 0 bridgehead atoms. The van der Waals surface area contributed by atoms with E-state index in [2.05, 4.69) is 25.8 Å². The third-order valence-corrected chi connectivity index (χ3v) is 3.13. The van der Waals surface area contributed by atoms with Gasteiger partial charge in [0.2, 0.25) is 0 Å². The number of aliphatic hydroxyl groups excluding tert-OH is 1. The van der Waals surface area contributed by atoms with Crippen LogP contribution in [0, 0.1) is 0 Å². The van der Waals surface area contributed by atoms with Crippen molar-refractivity contribution in [3.8, 4) is 0 Å². The van der Waals surface area contributed by atoms with Crippen LogP contribution in [0.5, 0.6) is 0 Å². The molecule has 0 radical (unpaired) electrons. The molecular formula is C13H22N2O2S. The molecule has 102 valence electrons. The molecular weight excluding hydrogens is 248 g/mol. The van der Waals surface area contributed by atoms with E-state index in [-0.39, 0.29) is 11.1 Å². The summed E-state index contributed by atoms with van der Waals surface area (Å²) in [5.41, 5.74) is 8.09. The molecule has 0 saturated heterocycles. The van der Waals surface area contributed by atoms with E-state index >= 15 is 0 Å². The highest BCUT2D eigenvalue weighted by Gasteiger charge is 2.17. The smallest absolute Gasteiger partial charge is 0.288 e. The van der Waals surface area contributed by atoms with Crippen LogP contribution >= 0.6 is 12.6 Å². The van der Waals surface area contributed by atoms with Gasteiger partial charge in [-0.15, -0.1) is 19.2 Å². The van der Waals surface area contributed by atoms with Gasteiger partial charge in [0.25, 0.3) is 5.95 Å². The van der Waals surface area contributed by atoms with Crippen LogP contribution in [0.3, 0.4) is 0 Å². The number of thiol groups is 1. The van der Waals surface area contributed by atoms with E-state index in [0.29, 0.717) is 12.0 Å². The third-order valence-electron chi connectivity index (χ3n) is 2.60. The van der Waals surface area contributed by atoms with Gasteiger partial charge in [-0.2, -0.15) is 0 Å². The van der Waals surface area contributed by atoms with Gasteiger partial charge in [-0.05, 0) is 26.3 Å². The van der Waals surface area contributed by atoms with Gasteiger partial charge in [0.1, 0.15) is 0 Å². The monoisotopic (exact) mass is 270 g/mol. The molecule has 5 heteroatoms. The molecule has 18 heavy (non-hydrogen) atoms. The third kappa shape index (κ3) is 4.16. The Kier molecular flexibility index (Phi) is 6.65. The average Bonchev–Trinajstić information content (AvgIpc) is 2.26. The lowest BCUT2D eigenvalue weighted by Gasteiger charge is -2.32. The number of hydrogen-bond donors (Lipinski definition) is 4. The Hall–Kier alpha value is -1.33. The van der Waals surface area contributed by atoms with E-state index in [4.69, 9.17) is 15.9 Å². The summed E-state index contributed by atoms with van der Waals surface area (Å²) in [4.78, 5) is 1.93. The van der Waals surface area contributed by atoms with Crippen molar-refractivity contribution in [2.45, 2.75) is 33.4 Å². The molecule has 0 heterocycles. The van der Waals surface area contributed by atoms with E-state index in [9.17, 15) is 0 Å². The van der Waals surface area contributed by atoms with Gasteiger partial charge in [-0.25, -0.2) is 0 Å².